The lowest BCUT2D eigenvalue weighted by Crippen LogP contribution is -2.57. The van der Waals surface area contributed by atoms with Crippen molar-refractivity contribution in [1.82, 2.24) is 10.2 Å². The molecule has 0 aliphatic carbocycles. The molecule has 1 aromatic rings. The minimum absolute atomic E-state index is 0.0700. The lowest BCUT2D eigenvalue weighted by Gasteiger charge is -2.30. The monoisotopic (exact) mass is 264 g/mol. The summed E-state index contributed by atoms with van der Waals surface area (Å²) in [4.78, 5) is 24.8. The Balaban J connectivity index is 2.01. The molecule has 0 radical (unpaired) electrons. The fraction of sp³-hybridized carbons (Fsp3) is 0.429. The van der Waals surface area contributed by atoms with E-state index >= 15 is 0 Å². The molecule has 1 atom stereocenters. The summed E-state index contributed by atoms with van der Waals surface area (Å²) < 4.78 is 13.0. The molecular weight excluding hydrogens is 247 g/mol. The molecule has 0 bridgehead atoms. The summed E-state index contributed by atoms with van der Waals surface area (Å²) in [5.41, 5.74) is 1.86. The first-order valence-corrected chi connectivity index (χ1v) is 6.30. The van der Waals surface area contributed by atoms with Crippen LogP contribution in [0.25, 0.3) is 0 Å². The highest BCUT2D eigenvalue weighted by atomic mass is 19.1. The molecule has 0 spiro atoms. The summed E-state index contributed by atoms with van der Waals surface area (Å²) in [5.74, 6) is -0.467. The Morgan fingerprint density at radius 2 is 2.16 bits per heavy atom. The number of nitrogens with zero attached hydrogens (tertiary/aromatic N) is 1. The van der Waals surface area contributed by atoms with Gasteiger partial charge in [0.25, 0.3) is 0 Å². The average molecular weight is 264 g/mol. The molecule has 5 heteroatoms. The lowest BCUT2D eigenvalue weighted by atomic mass is 10.0. The van der Waals surface area contributed by atoms with Gasteiger partial charge in [0.2, 0.25) is 11.8 Å². The van der Waals surface area contributed by atoms with Crippen LogP contribution in [0.15, 0.2) is 18.2 Å². The van der Waals surface area contributed by atoms with Crippen LogP contribution in [0.4, 0.5) is 4.39 Å². The fourth-order valence-electron chi connectivity index (χ4n) is 2.26. The van der Waals surface area contributed by atoms with Crippen molar-refractivity contribution in [2.24, 2.45) is 0 Å². The molecule has 1 aliphatic rings. The number of benzene rings is 1. The van der Waals surface area contributed by atoms with Gasteiger partial charge in [-0.05, 0) is 43.5 Å². The highest BCUT2D eigenvalue weighted by Crippen LogP contribution is 2.12. The molecule has 2 rings (SSSR count). The first-order chi connectivity index (χ1) is 8.97. The minimum Gasteiger partial charge on any atom is -0.343 e. The molecule has 0 saturated carbocycles. The first kappa shape index (κ1) is 13.5. The van der Waals surface area contributed by atoms with Crippen molar-refractivity contribution in [2.75, 3.05) is 13.1 Å². The summed E-state index contributed by atoms with van der Waals surface area (Å²) in [6, 6.07) is 4.15. The third-order valence-electron chi connectivity index (χ3n) is 3.35. The average Bonchev–Trinajstić information content (AvgIpc) is 2.33. The summed E-state index contributed by atoms with van der Waals surface area (Å²) in [5, 5.41) is 2.60. The minimum atomic E-state index is -0.462. The van der Waals surface area contributed by atoms with Gasteiger partial charge in [-0.25, -0.2) is 4.39 Å². The number of rotatable bonds is 3. The Morgan fingerprint density at radius 3 is 2.84 bits per heavy atom. The quantitative estimate of drug-likeness (QED) is 0.886. The zero-order chi connectivity index (χ0) is 14.0. The zero-order valence-corrected chi connectivity index (χ0v) is 11.1. The fourth-order valence-corrected chi connectivity index (χ4v) is 2.26. The third-order valence-corrected chi connectivity index (χ3v) is 3.35. The highest BCUT2D eigenvalue weighted by molar-refractivity contribution is 5.94. The molecule has 1 aliphatic heterocycles. The van der Waals surface area contributed by atoms with Crippen LogP contribution in [0.2, 0.25) is 0 Å². The SMILES string of the molecule is Cc1cc(F)ccc1CCN1CC(=O)NC(C)C1=O. The molecule has 4 nitrogen and oxygen atoms in total. The van der Waals surface area contributed by atoms with Gasteiger partial charge >= 0.3 is 0 Å². The van der Waals surface area contributed by atoms with Gasteiger partial charge in [0.05, 0.1) is 6.54 Å². The largest absolute Gasteiger partial charge is 0.343 e. The van der Waals surface area contributed by atoms with Crippen LogP contribution in [0.3, 0.4) is 0 Å². The van der Waals surface area contributed by atoms with Crippen LogP contribution in [0.1, 0.15) is 18.1 Å². The first-order valence-electron chi connectivity index (χ1n) is 6.30. The van der Waals surface area contributed by atoms with Crippen molar-refractivity contribution in [1.29, 1.82) is 0 Å². The van der Waals surface area contributed by atoms with Gasteiger partial charge in [-0.1, -0.05) is 6.07 Å². The number of carbonyl (C=O) groups is 2. The normalized spacial score (nSPS) is 19.5. The van der Waals surface area contributed by atoms with Crippen LogP contribution in [-0.4, -0.2) is 35.8 Å². The van der Waals surface area contributed by atoms with E-state index in [4.69, 9.17) is 0 Å². The van der Waals surface area contributed by atoms with E-state index in [1.807, 2.05) is 6.92 Å². The predicted molar refractivity (Wildman–Crippen MR) is 69.0 cm³/mol. The van der Waals surface area contributed by atoms with E-state index in [1.54, 1.807) is 17.9 Å². The summed E-state index contributed by atoms with van der Waals surface area (Å²) in [6.07, 6.45) is 0.623. The molecular formula is C14H17FN2O2. The standard InChI is InChI=1S/C14H17FN2O2/c1-9-7-12(15)4-3-11(9)5-6-17-8-13(18)16-10(2)14(17)19/h3-4,7,10H,5-6,8H2,1-2H3,(H,16,18). The van der Waals surface area contributed by atoms with E-state index < -0.39 is 6.04 Å². The van der Waals surface area contributed by atoms with E-state index in [0.717, 1.165) is 11.1 Å². The topological polar surface area (TPSA) is 49.4 Å². The number of nitrogens with one attached hydrogen (secondary N) is 1. The zero-order valence-electron chi connectivity index (χ0n) is 11.1. The molecule has 1 aromatic carbocycles. The smallest absolute Gasteiger partial charge is 0.245 e. The van der Waals surface area contributed by atoms with Crippen LogP contribution >= 0.6 is 0 Å². The van der Waals surface area contributed by atoms with Gasteiger partial charge in [-0.2, -0.15) is 0 Å². The van der Waals surface area contributed by atoms with Crippen molar-refractivity contribution in [3.63, 3.8) is 0 Å². The van der Waals surface area contributed by atoms with Gasteiger partial charge in [0.15, 0.2) is 0 Å². The van der Waals surface area contributed by atoms with Crippen LogP contribution in [-0.2, 0) is 16.0 Å². The second kappa shape index (κ2) is 5.38. The Bertz CT molecular complexity index is 516. The molecule has 1 fully saturated rings. The maximum Gasteiger partial charge on any atom is 0.245 e. The number of halogens is 1. The number of hydrogen-bond acceptors (Lipinski definition) is 2. The van der Waals surface area contributed by atoms with Gasteiger partial charge in [-0.3, -0.25) is 9.59 Å². The van der Waals surface area contributed by atoms with Crippen molar-refractivity contribution < 1.29 is 14.0 Å². The van der Waals surface area contributed by atoms with E-state index in [9.17, 15) is 14.0 Å². The molecule has 1 heterocycles. The van der Waals surface area contributed by atoms with Crippen LogP contribution < -0.4 is 5.32 Å². The second-order valence-corrected chi connectivity index (χ2v) is 4.87. The van der Waals surface area contributed by atoms with Gasteiger partial charge in [-0.15, -0.1) is 0 Å². The molecule has 1 unspecified atom stereocenters. The van der Waals surface area contributed by atoms with Crippen molar-refractivity contribution >= 4 is 11.8 Å². The van der Waals surface area contributed by atoms with Crippen LogP contribution in [0, 0.1) is 12.7 Å². The Labute approximate surface area is 111 Å². The van der Waals surface area contributed by atoms with Crippen molar-refractivity contribution in [3.8, 4) is 0 Å². The van der Waals surface area contributed by atoms with Gasteiger partial charge in [0, 0.05) is 6.54 Å². The number of hydrogen-bond donors (Lipinski definition) is 1. The lowest BCUT2D eigenvalue weighted by molar-refractivity contribution is -0.143. The number of carbonyl (C=O) groups excluding carboxylic acids is 2. The highest BCUT2D eigenvalue weighted by Gasteiger charge is 2.28. The maximum absolute atomic E-state index is 13.0. The summed E-state index contributed by atoms with van der Waals surface area (Å²) in [7, 11) is 0. The Kier molecular flexibility index (Phi) is 3.83. The summed E-state index contributed by atoms with van der Waals surface area (Å²) >= 11 is 0. The predicted octanol–water partition coefficient (Wildman–Crippen LogP) is 1.02. The summed E-state index contributed by atoms with van der Waals surface area (Å²) in [6.45, 7) is 4.09. The molecule has 1 N–H and O–H groups in total. The molecule has 19 heavy (non-hydrogen) atoms. The van der Waals surface area contributed by atoms with E-state index in [2.05, 4.69) is 5.32 Å². The Morgan fingerprint density at radius 1 is 1.42 bits per heavy atom. The third kappa shape index (κ3) is 3.10. The number of piperazine rings is 1. The molecule has 2 amide bonds. The van der Waals surface area contributed by atoms with Crippen molar-refractivity contribution in [2.45, 2.75) is 26.3 Å². The van der Waals surface area contributed by atoms with E-state index in [0.29, 0.717) is 13.0 Å². The van der Waals surface area contributed by atoms with Crippen LogP contribution in [0.5, 0.6) is 0 Å². The number of amides is 2. The van der Waals surface area contributed by atoms with E-state index in [1.165, 1.54) is 12.1 Å². The molecule has 102 valence electrons. The van der Waals surface area contributed by atoms with E-state index in [-0.39, 0.29) is 24.2 Å². The van der Waals surface area contributed by atoms with Crippen molar-refractivity contribution in [3.05, 3.63) is 35.1 Å². The molecule has 0 aromatic heterocycles. The van der Waals surface area contributed by atoms with Gasteiger partial charge < -0.3 is 10.2 Å². The second-order valence-electron chi connectivity index (χ2n) is 4.87. The Hall–Kier alpha value is -1.91. The number of aryl methyl sites for hydroxylation is 1. The molecule has 1 saturated heterocycles. The maximum atomic E-state index is 13.0. The van der Waals surface area contributed by atoms with Gasteiger partial charge in [0.1, 0.15) is 11.9 Å².